The highest BCUT2D eigenvalue weighted by atomic mass is 19.4. The number of alkyl halides is 3. The van der Waals surface area contributed by atoms with Crippen LogP contribution in [0.15, 0.2) is 28.8 Å². The molecule has 1 aliphatic rings. The lowest BCUT2D eigenvalue weighted by molar-refractivity contribution is -0.142. The van der Waals surface area contributed by atoms with Crippen molar-refractivity contribution in [2.75, 3.05) is 19.8 Å². The smallest absolute Gasteiger partial charge is 0.433 e. The van der Waals surface area contributed by atoms with E-state index in [0.29, 0.717) is 42.8 Å². The molecule has 0 atom stereocenters. The maximum absolute atomic E-state index is 13.1. The largest absolute Gasteiger partial charge is 0.489 e. The molecule has 8 nitrogen and oxygen atoms in total. The number of halogens is 3. The van der Waals surface area contributed by atoms with Gasteiger partial charge in [-0.25, -0.2) is 0 Å². The minimum Gasteiger partial charge on any atom is -0.489 e. The van der Waals surface area contributed by atoms with Crippen molar-refractivity contribution in [1.29, 1.82) is 0 Å². The molecule has 0 spiro atoms. The van der Waals surface area contributed by atoms with Crippen molar-refractivity contribution in [2.24, 2.45) is 0 Å². The van der Waals surface area contributed by atoms with Crippen LogP contribution in [0.2, 0.25) is 0 Å². The molecule has 4 rings (SSSR count). The van der Waals surface area contributed by atoms with Crippen molar-refractivity contribution >= 4 is 16.9 Å². The zero-order valence-electron chi connectivity index (χ0n) is 17.2. The number of aryl methyl sites for hydroxylation is 1. The van der Waals surface area contributed by atoms with Crippen LogP contribution in [0.25, 0.3) is 11.0 Å². The summed E-state index contributed by atoms with van der Waals surface area (Å²) in [6.07, 6.45) is -2.56. The first-order valence-corrected chi connectivity index (χ1v) is 9.99. The lowest BCUT2D eigenvalue weighted by Crippen LogP contribution is -2.54. The Balaban J connectivity index is 1.57. The second-order valence-corrected chi connectivity index (χ2v) is 7.75. The fourth-order valence-electron chi connectivity index (χ4n) is 3.79. The average Bonchev–Trinajstić information content (AvgIpc) is 3.36. The zero-order valence-corrected chi connectivity index (χ0v) is 17.2. The summed E-state index contributed by atoms with van der Waals surface area (Å²) in [5.74, 6) is 0.233. The van der Waals surface area contributed by atoms with Gasteiger partial charge in [-0.2, -0.15) is 18.3 Å². The van der Waals surface area contributed by atoms with Gasteiger partial charge in [-0.1, -0.05) is 0 Å². The summed E-state index contributed by atoms with van der Waals surface area (Å²) in [6, 6.07) is 4.68. The fraction of sp³-hybridized carbons (Fsp3) is 0.429. The Hall–Kier alpha value is -3.05. The molecule has 3 N–H and O–H groups in total. The summed E-state index contributed by atoms with van der Waals surface area (Å²) in [5, 5.41) is 18.6. The van der Waals surface area contributed by atoms with Gasteiger partial charge in [0.25, 0.3) is 5.91 Å². The number of fused-ring (bicyclic) bond motifs is 1. The molecule has 3 heterocycles. The molecule has 1 amide bonds. The Bertz CT molecular complexity index is 1120. The van der Waals surface area contributed by atoms with Crippen molar-refractivity contribution in [3.05, 3.63) is 47.0 Å². The molecule has 172 valence electrons. The van der Waals surface area contributed by atoms with E-state index in [-0.39, 0.29) is 30.1 Å². The quantitative estimate of drug-likeness (QED) is 0.528. The number of amides is 1. The van der Waals surface area contributed by atoms with Gasteiger partial charge >= 0.3 is 6.18 Å². The minimum atomic E-state index is -4.57. The molecule has 1 aromatic carbocycles. The number of hydrogen-bond acceptors (Lipinski definition) is 6. The van der Waals surface area contributed by atoms with E-state index in [0.717, 1.165) is 6.20 Å². The van der Waals surface area contributed by atoms with Crippen molar-refractivity contribution < 1.29 is 37.0 Å². The lowest BCUT2D eigenvalue weighted by atomic mass is 9.90. The van der Waals surface area contributed by atoms with Gasteiger partial charge in [-0.05, 0) is 38.0 Å². The monoisotopic (exact) mass is 453 g/mol. The van der Waals surface area contributed by atoms with Crippen LogP contribution in [-0.2, 0) is 17.5 Å². The molecule has 0 saturated carbocycles. The molecule has 1 fully saturated rings. The van der Waals surface area contributed by atoms with Gasteiger partial charge in [-0.15, -0.1) is 0 Å². The second kappa shape index (κ2) is 8.47. The first-order valence-electron chi connectivity index (χ1n) is 9.99. The summed E-state index contributed by atoms with van der Waals surface area (Å²) in [4.78, 5) is 13.1. The van der Waals surface area contributed by atoms with Crippen LogP contribution < -0.4 is 10.1 Å². The molecule has 11 heteroatoms. The van der Waals surface area contributed by atoms with Crippen LogP contribution in [-0.4, -0.2) is 46.6 Å². The highest BCUT2D eigenvalue weighted by molar-refractivity contribution is 6.07. The van der Waals surface area contributed by atoms with E-state index in [4.69, 9.17) is 13.9 Å². The summed E-state index contributed by atoms with van der Waals surface area (Å²) in [6.45, 7) is 1.92. The van der Waals surface area contributed by atoms with Gasteiger partial charge < -0.3 is 24.3 Å². The number of ether oxygens (including phenoxy) is 2. The van der Waals surface area contributed by atoms with E-state index in [1.807, 2.05) is 5.10 Å². The van der Waals surface area contributed by atoms with Gasteiger partial charge in [0.1, 0.15) is 29.4 Å². The Morgan fingerprint density at radius 3 is 2.78 bits per heavy atom. The third-order valence-electron chi connectivity index (χ3n) is 5.59. The summed E-state index contributed by atoms with van der Waals surface area (Å²) >= 11 is 0. The van der Waals surface area contributed by atoms with Crippen molar-refractivity contribution in [2.45, 2.75) is 38.1 Å². The predicted octanol–water partition coefficient (Wildman–Crippen LogP) is 3.33. The highest BCUT2D eigenvalue weighted by Gasteiger charge is 2.36. The van der Waals surface area contributed by atoms with Crippen molar-refractivity contribution in [3.63, 3.8) is 0 Å². The Morgan fingerprint density at radius 1 is 1.34 bits per heavy atom. The highest BCUT2D eigenvalue weighted by Crippen LogP contribution is 2.33. The second-order valence-electron chi connectivity index (χ2n) is 7.75. The van der Waals surface area contributed by atoms with Crippen LogP contribution in [0.1, 0.15) is 40.2 Å². The molecule has 0 aliphatic carbocycles. The number of H-pyrrole nitrogens is 1. The number of hydrogen-bond donors (Lipinski definition) is 3. The number of carbonyl (C=O) groups excluding carboxylic acids is 1. The molecule has 0 unspecified atom stereocenters. The van der Waals surface area contributed by atoms with Crippen LogP contribution in [0.4, 0.5) is 13.2 Å². The number of nitrogens with zero attached hydrogens (tertiary/aromatic N) is 1. The molecular formula is C21H22F3N3O5. The summed E-state index contributed by atoms with van der Waals surface area (Å²) in [5.41, 5.74) is -1.17. The molecule has 2 aromatic heterocycles. The Labute approximate surface area is 180 Å². The van der Waals surface area contributed by atoms with Crippen LogP contribution in [0.5, 0.6) is 5.75 Å². The van der Waals surface area contributed by atoms with E-state index in [1.165, 1.54) is 0 Å². The van der Waals surface area contributed by atoms with Gasteiger partial charge in [0.05, 0.1) is 23.9 Å². The Morgan fingerprint density at radius 2 is 2.09 bits per heavy atom. The summed E-state index contributed by atoms with van der Waals surface area (Å²) in [7, 11) is 0. The molecular weight excluding hydrogens is 431 g/mol. The maximum Gasteiger partial charge on any atom is 0.433 e. The molecule has 0 radical (unpaired) electrons. The lowest BCUT2D eigenvalue weighted by Gasteiger charge is -2.36. The first-order chi connectivity index (χ1) is 15.2. The van der Waals surface area contributed by atoms with E-state index < -0.39 is 23.3 Å². The number of aromatic nitrogens is 2. The maximum atomic E-state index is 13.1. The van der Waals surface area contributed by atoms with Gasteiger partial charge in [0, 0.05) is 24.2 Å². The molecule has 1 aliphatic heterocycles. The topological polar surface area (TPSA) is 110 Å². The molecule has 32 heavy (non-hydrogen) atoms. The number of carbonyl (C=O) groups is 1. The van der Waals surface area contributed by atoms with E-state index >= 15 is 0 Å². The minimum absolute atomic E-state index is 0.136. The predicted molar refractivity (Wildman–Crippen MR) is 106 cm³/mol. The van der Waals surface area contributed by atoms with E-state index in [2.05, 4.69) is 10.4 Å². The number of nitrogens with one attached hydrogen (secondary N) is 2. The first kappa shape index (κ1) is 22.2. The van der Waals surface area contributed by atoms with Crippen molar-refractivity contribution in [3.8, 4) is 5.75 Å². The SMILES string of the molecule is Cc1oc2ccc(OCc3cn[nH]c3C(F)(F)F)cc2c1C(=O)NC1(CO)CCOCC1. The van der Waals surface area contributed by atoms with Crippen LogP contribution in [0, 0.1) is 6.92 Å². The number of aromatic amines is 1. The van der Waals surface area contributed by atoms with Crippen LogP contribution >= 0.6 is 0 Å². The normalized spacial score (nSPS) is 16.3. The number of rotatable bonds is 6. The van der Waals surface area contributed by atoms with Crippen LogP contribution in [0.3, 0.4) is 0 Å². The van der Waals surface area contributed by atoms with E-state index in [1.54, 1.807) is 25.1 Å². The molecule has 1 saturated heterocycles. The van der Waals surface area contributed by atoms with Gasteiger partial charge in [-0.3, -0.25) is 9.89 Å². The Kier molecular flexibility index (Phi) is 5.87. The van der Waals surface area contributed by atoms with Gasteiger partial charge in [0.2, 0.25) is 0 Å². The van der Waals surface area contributed by atoms with Crippen molar-refractivity contribution in [1.82, 2.24) is 15.5 Å². The zero-order chi connectivity index (χ0) is 22.9. The molecule has 0 bridgehead atoms. The average molecular weight is 453 g/mol. The number of furan rings is 1. The third-order valence-corrected chi connectivity index (χ3v) is 5.59. The van der Waals surface area contributed by atoms with Gasteiger partial charge in [0.15, 0.2) is 0 Å². The van der Waals surface area contributed by atoms with E-state index in [9.17, 15) is 23.1 Å². The summed E-state index contributed by atoms with van der Waals surface area (Å²) < 4.78 is 55.5. The third kappa shape index (κ3) is 4.30. The number of aliphatic hydroxyl groups is 1. The number of aliphatic hydroxyl groups excluding tert-OH is 1. The standard InChI is InChI=1S/C21H22F3N3O5/c1-12-17(19(29)26-20(11-28)4-6-30-7-5-20)15-8-14(2-3-16(15)32-12)31-10-13-9-25-27-18(13)21(22,23)24/h2-3,8-9,28H,4-7,10-11H2,1H3,(H,25,27)(H,26,29). The fourth-order valence-corrected chi connectivity index (χ4v) is 3.79. The molecule has 3 aromatic rings. The number of benzene rings is 1.